The van der Waals surface area contributed by atoms with Gasteiger partial charge in [-0.1, -0.05) is 37.6 Å². The third-order valence-electron chi connectivity index (χ3n) is 3.12. The molecule has 4 heteroatoms. The van der Waals surface area contributed by atoms with Gasteiger partial charge in [-0.05, 0) is 23.6 Å². The van der Waals surface area contributed by atoms with Gasteiger partial charge in [-0.2, -0.15) is 0 Å². The second kappa shape index (κ2) is 5.04. The summed E-state index contributed by atoms with van der Waals surface area (Å²) in [6, 6.07) is 7.20. The van der Waals surface area contributed by atoms with Gasteiger partial charge in [0.2, 0.25) is 0 Å². The average molecular weight is 263 g/mol. The lowest BCUT2D eigenvalue weighted by Crippen LogP contribution is -2.33. The second-order valence-electron chi connectivity index (χ2n) is 4.56. The maximum Gasteiger partial charge on any atom is 0.120 e. The van der Waals surface area contributed by atoms with Crippen molar-refractivity contribution in [1.29, 1.82) is 0 Å². The fraction of sp³-hybridized carbons (Fsp3) is 0.286. The van der Waals surface area contributed by atoms with E-state index in [4.69, 9.17) is 11.6 Å². The molecular formula is C14H15ClN2O. The molecule has 0 amide bonds. The average Bonchev–Trinajstić information content (AvgIpc) is 2.39. The van der Waals surface area contributed by atoms with Crippen LogP contribution in [-0.2, 0) is 5.60 Å². The molecule has 0 radical (unpaired) electrons. The van der Waals surface area contributed by atoms with Crippen LogP contribution in [0.2, 0.25) is 5.02 Å². The van der Waals surface area contributed by atoms with E-state index in [9.17, 15) is 5.11 Å². The van der Waals surface area contributed by atoms with E-state index in [1.807, 2.05) is 26.0 Å². The van der Waals surface area contributed by atoms with Crippen LogP contribution < -0.4 is 0 Å². The number of hydrogen-bond acceptors (Lipinski definition) is 3. The fourth-order valence-electron chi connectivity index (χ4n) is 2.03. The van der Waals surface area contributed by atoms with Crippen LogP contribution in [0.3, 0.4) is 0 Å². The minimum atomic E-state index is -1.11. The number of rotatable bonds is 3. The zero-order valence-corrected chi connectivity index (χ0v) is 11.1. The Bertz CT molecular complexity index is 513. The number of aromatic nitrogens is 2. The summed E-state index contributed by atoms with van der Waals surface area (Å²) >= 11 is 5.88. The molecule has 1 heterocycles. The molecule has 1 atom stereocenters. The topological polar surface area (TPSA) is 46.0 Å². The number of aliphatic hydroxyl groups is 1. The maximum atomic E-state index is 11.0. The molecule has 1 unspecified atom stereocenters. The number of halogens is 1. The zero-order chi connectivity index (χ0) is 13.2. The first-order valence-corrected chi connectivity index (χ1v) is 6.17. The Morgan fingerprint density at radius 2 is 1.61 bits per heavy atom. The van der Waals surface area contributed by atoms with Crippen molar-refractivity contribution in [2.45, 2.75) is 19.4 Å². The molecule has 1 aromatic carbocycles. The van der Waals surface area contributed by atoms with Gasteiger partial charge < -0.3 is 5.11 Å². The van der Waals surface area contributed by atoms with Gasteiger partial charge in [0, 0.05) is 23.0 Å². The molecule has 18 heavy (non-hydrogen) atoms. The summed E-state index contributed by atoms with van der Waals surface area (Å²) in [5.74, 6) is -0.00956. The molecule has 0 saturated heterocycles. The summed E-state index contributed by atoms with van der Waals surface area (Å²) < 4.78 is 0. The number of benzene rings is 1. The van der Waals surface area contributed by atoms with E-state index < -0.39 is 5.60 Å². The molecule has 0 aliphatic carbocycles. The van der Waals surface area contributed by atoms with Crippen LogP contribution in [0.1, 0.15) is 25.0 Å². The van der Waals surface area contributed by atoms with Crippen LogP contribution in [-0.4, -0.2) is 15.1 Å². The molecule has 1 N–H and O–H groups in total. The van der Waals surface area contributed by atoms with E-state index in [-0.39, 0.29) is 5.92 Å². The molecule has 0 bridgehead atoms. The quantitative estimate of drug-likeness (QED) is 0.925. The molecule has 2 aromatic rings. The molecular weight excluding hydrogens is 248 g/mol. The summed E-state index contributed by atoms with van der Waals surface area (Å²) in [6.07, 6.45) is 4.73. The Morgan fingerprint density at radius 1 is 1.06 bits per heavy atom. The summed E-state index contributed by atoms with van der Waals surface area (Å²) in [4.78, 5) is 7.96. The minimum absolute atomic E-state index is 0.00956. The van der Waals surface area contributed by atoms with E-state index in [0.717, 1.165) is 5.56 Å². The molecule has 3 nitrogen and oxygen atoms in total. The lowest BCUT2D eigenvalue weighted by atomic mass is 9.79. The highest BCUT2D eigenvalue weighted by atomic mass is 35.5. The lowest BCUT2D eigenvalue weighted by Gasteiger charge is -2.32. The van der Waals surface area contributed by atoms with Crippen molar-refractivity contribution in [1.82, 2.24) is 9.97 Å². The smallest absolute Gasteiger partial charge is 0.120 e. The summed E-state index contributed by atoms with van der Waals surface area (Å²) in [5, 5.41) is 11.6. The van der Waals surface area contributed by atoms with E-state index in [1.54, 1.807) is 24.5 Å². The van der Waals surface area contributed by atoms with Crippen LogP contribution in [0.15, 0.2) is 43.0 Å². The van der Waals surface area contributed by atoms with Gasteiger partial charge in [-0.15, -0.1) is 0 Å². The van der Waals surface area contributed by atoms with Crippen LogP contribution in [0.5, 0.6) is 0 Å². The molecule has 0 fully saturated rings. The highest BCUT2D eigenvalue weighted by Gasteiger charge is 2.35. The van der Waals surface area contributed by atoms with Crippen LogP contribution in [0, 0.1) is 5.92 Å². The Kier molecular flexibility index (Phi) is 3.64. The van der Waals surface area contributed by atoms with Crippen LogP contribution >= 0.6 is 11.6 Å². The Morgan fingerprint density at radius 3 is 2.11 bits per heavy atom. The Balaban J connectivity index is 2.54. The van der Waals surface area contributed by atoms with Crippen molar-refractivity contribution in [2.24, 2.45) is 5.92 Å². The SMILES string of the molecule is CC(C)C(O)(c1ccc(Cl)cc1)c1cncnc1. The monoisotopic (exact) mass is 262 g/mol. The normalized spacial score (nSPS) is 14.5. The highest BCUT2D eigenvalue weighted by molar-refractivity contribution is 6.30. The third kappa shape index (κ3) is 2.24. The van der Waals surface area contributed by atoms with Gasteiger partial charge in [-0.25, -0.2) is 9.97 Å². The standard InChI is InChI=1S/C14H15ClN2O/c1-10(2)14(18,12-7-16-9-17-8-12)11-3-5-13(15)6-4-11/h3-10,18H,1-2H3. The fourth-order valence-corrected chi connectivity index (χ4v) is 2.16. The first-order chi connectivity index (χ1) is 8.55. The molecule has 0 spiro atoms. The van der Waals surface area contributed by atoms with E-state index in [1.165, 1.54) is 6.33 Å². The largest absolute Gasteiger partial charge is 0.380 e. The van der Waals surface area contributed by atoms with Crippen molar-refractivity contribution >= 4 is 11.6 Å². The maximum absolute atomic E-state index is 11.0. The summed E-state index contributed by atoms with van der Waals surface area (Å²) in [5.41, 5.74) is 0.366. The first-order valence-electron chi connectivity index (χ1n) is 5.79. The highest BCUT2D eigenvalue weighted by Crippen LogP contribution is 2.36. The van der Waals surface area contributed by atoms with Crippen molar-refractivity contribution in [3.05, 3.63) is 59.1 Å². The van der Waals surface area contributed by atoms with Crippen LogP contribution in [0.25, 0.3) is 0 Å². The number of hydrogen-bond donors (Lipinski definition) is 1. The second-order valence-corrected chi connectivity index (χ2v) is 4.99. The lowest BCUT2D eigenvalue weighted by molar-refractivity contribution is 0.0311. The Labute approximate surface area is 111 Å². The van der Waals surface area contributed by atoms with Gasteiger partial charge >= 0.3 is 0 Å². The van der Waals surface area contributed by atoms with E-state index >= 15 is 0 Å². The van der Waals surface area contributed by atoms with Crippen molar-refractivity contribution in [3.63, 3.8) is 0 Å². The molecule has 0 aliphatic rings. The van der Waals surface area contributed by atoms with Gasteiger partial charge in [-0.3, -0.25) is 0 Å². The van der Waals surface area contributed by atoms with Gasteiger partial charge in [0.05, 0.1) is 0 Å². The molecule has 1 aromatic heterocycles. The van der Waals surface area contributed by atoms with Crippen LogP contribution in [0.4, 0.5) is 0 Å². The molecule has 2 rings (SSSR count). The van der Waals surface area contributed by atoms with E-state index in [2.05, 4.69) is 9.97 Å². The van der Waals surface area contributed by atoms with Crippen molar-refractivity contribution in [2.75, 3.05) is 0 Å². The molecule has 0 saturated carbocycles. The van der Waals surface area contributed by atoms with Crippen molar-refractivity contribution < 1.29 is 5.11 Å². The van der Waals surface area contributed by atoms with Gasteiger partial charge in [0.15, 0.2) is 0 Å². The first kappa shape index (κ1) is 13.0. The number of nitrogens with zero attached hydrogens (tertiary/aromatic N) is 2. The molecule has 94 valence electrons. The minimum Gasteiger partial charge on any atom is -0.380 e. The summed E-state index contributed by atoms with van der Waals surface area (Å²) in [7, 11) is 0. The summed E-state index contributed by atoms with van der Waals surface area (Å²) in [6.45, 7) is 3.92. The molecule has 0 aliphatic heterocycles. The Hall–Kier alpha value is -1.45. The predicted molar refractivity (Wildman–Crippen MR) is 71.3 cm³/mol. The zero-order valence-electron chi connectivity index (χ0n) is 10.3. The predicted octanol–water partition coefficient (Wildman–Crippen LogP) is 3.02. The van der Waals surface area contributed by atoms with E-state index in [0.29, 0.717) is 10.6 Å². The third-order valence-corrected chi connectivity index (χ3v) is 3.37. The van der Waals surface area contributed by atoms with Gasteiger partial charge in [0.1, 0.15) is 11.9 Å². The van der Waals surface area contributed by atoms with Crippen molar-refractivity contribution in [3.8, 4) is 0 Å². The van der Waals surface area contributed by atoms with Gasteiger partial charge in [0.25, 0.3) is 0 Å².